The van der Waals surface area contributed by atoms with Gasteiger partial charge in [0, 0.05) is 30.3 Å². The maximum atomic E-state index is 12.8. The van der Waals surface area contributed by atoms with E-state index in [0.29, 0.717) is 12.5 Å². The smallest absolute Gasteiger partial charge is 0.290 e. The summed E-state index contributed by atoms with van der Waals surface area (Å²) in [6.45, 7) is 7.19. The fourth-order valence-corrected chi connectivity index (χ4v) is 5.34. The monoisotopic (exact) mass is 463 g/mol. The molecule has 0 spiro atoms. The van der Waals surface area contributed by atoms with Crippen LogP contribution in [0.1, 0.15) is 56.0 Å². The third-order valence-electron chi connectivity index (χ3n) is 6.95. The zero-order valence-electron chi connectivity index (χ0n) is 20.0. The Bertz CT molecular complexity index is 1080. The van der Waals surface area contributed by atoms with E-state index in [4.69, 9.17) is 19.6 Å². The zero-order valence-corrected chi connectivity index (χ0v) is 20.0. The Kier molecular flexibility index (Phi) is 7.32. The number of benzene rings is 1. The molecular weight excluding hydrogens is 430 g/mol. The summed E-state index contributed by atoms with van der Waals surface area (Å²) in [5, 5.41) is 10.6. The van der Waals surface area contributed by atoms with Gasteiger partial charge in [-0.1, -0.05) is 25.1 Å². The van der Waals surface area contributed by atoms with Crippen LogP contribution in [-0.4, -0.2) is 41.7 Å². The van der Waals surface area contributed by atoms with E-state index in [9.17, 15) is 4.79 Å². The molecule has 1 amide bonds. The van der Waals surface area contributed by atoms with E-state index in [0.717, 1.165) is 30.2 Å². The quantitative estimate of drug-likeness (QED) is 0.631. The van der Waals surface area contributed by atoms with Crippen molar-refractivity contribution in [3.8, 4) is 0 Å². The molecule has 3 heterocycles. The molecule has 7 nitrogen and oxygen atoms in total. The number of aryl methyl sites for hydroxylation is 1. The van der Waals surface area contributed by atoms with Crippen molar-refractivity contribution in [2.75, 3.05) is 23.4 Å². The van der Waals surface area contributed by atoms with Gasteiger partial charge in [-0.05, 0) is 73.1 Å². The minimum absolute atomic E-state index is 0.103. The van der Waals surface area contributed by atoms with Crippen molar-refractivity contribution in [2.24, 2.45) is 11.8 Å². The lowest BCUT2D eigenvalue weighted by Gasteiger charge is -2.46. The second kappa shape index (κ2) is 10.4. The highest BCUT2D eigenvalue weighted by Crippen LogP contribution is 2.50. The van der Waals surface area contributed by atoms with Gasteiger partial charge in [-0.15, -0.1) is 0 Å². The lowest BCUT2D eigenvalue weighted by atomic mass is 9.79. The molecule has 0 unspecified atom stereocenters. The molecule has 1 fully saturated rings. The topological polar surface area (TPSA) is 91.8 Å². The number of rotatable bonds is 4. The van der Waals surface area contributed by atoms with Crippen LogP contribution in [0.25, 0.3) is 5.57 Å². The Morgan fingerprint density at radius 3 is 2.65 bits per heavy atom. The zero-order chi connectivity index (χ0) is 24.2. The van der Waals surface area contributed by atoms with Crippen LogP contribution in [0.15, 0.2) is 42.5 Å². The number of fused-ring (bicyclic) bond motifs is 1. The maximum Gasteiger partial charge on any atom is 0.290 e. The van der Waals surface area contributed by atoms with E-state index in [-0.39, 0.29) is 30.4 Å². The summed E-state index contributed by atoms with van der Waals surface area (Å²) < 4.78 is 5.51. The lowest BCUT2D eigenvalue weighted by molar-refractivity contribution is -0.123. The largest absolute Gasteiger partial charge is 0.483 e. The molecule has 3 aliphatic rings. The third-order valence-corrected chi connectivity index (χ3v) is 6.95. The first-order valence-electron chi connectivity index (χ1n) is 11.9. The number of nitrogens with one attached hydrogen (secondary N) is 1. The molecule has 2 aliphatic heterocycles. The van der Waals surface area contributed by atoms with Gasteiger partial charge >= 0.3 is 0 Å². The van der Waals surface area contributed by atoms with Crippen LogP contribution >= 0.6 is 0 Å². The van der Waals surface area contributed by atoms with Crippen molar-refractivity contribution in [1.82, 2.24) is 4.98 Å². The minimum Gasteiger partial charge on any atom is -0.483 e. The molecule has 1 aromatic heterocycles. The summed E-state index contributed by atoms with van der Waals surface area (Å²) >= 11 is 0. The van der Waals surface area contributed by atoms with Crippen molar-refractivity contribution in [3.63, 3.8) is 0 Å². The van der Waals surface area contributed by atoms with Crippen LogP contribution in [0.2, 0.25) is 0 Å². The molecule has 0 bridgehead atoms. The number of carbonyl (C=O) groups is 2. The molecular formula is C27H33N3O4. The first-order chi connectivity index (χ1) is 16.4. The van der Waals surface area contributed by atoms with Crippen molar-refractivity contribution in [1.29, 1.82) is 0 Å². The van der Waals surface area contributed by atoms with E-state index in [2.05, 4.69) is 41.4 Å². The molecule has 3 atom stereocenters. The van der Waals surface area contributed by atoms with E-state index in [1.807, 2.05) is 25.1 Å². The summed E-state index contributed by atoms with van der Waals surface area (Å²) in [6.07, 6.45) is 5.51. The highest BCUT2D eigenvalue weighted by Gasteiger charge is 2.47. The van der Waals surface area contributed by atoms with Gasteiger partial charge in [0.2, 0.25) is 5.91 Å². The van der Waals surface area contributed by atoms with Crippen LogP contribution in [0.5, 0.6) is 0 Å². The molecule has 0 radical (unpaired) electrons. The van der Waals surface area contributed by atoms with Gasteiger partial charge in [-0.3, -0.25) is 9.59 Å². The molecule has 2 N–H and O–H groups in total. The fourth-order valence-electron chi connectivity index (χ4n) is 5.34. The van der Waals surface area contributed by atoms with Crippen LogP contribution in [0.3, 0.4) is 0 Å². The predicted molar refractivity (Wildman–Crippen MR) is 133 cm³/mol. The Morgan fingerprint density at radius 1 is 1.26 bits per heavy atom. The van der Waals surface area contributed by atoms with Gasteiger partial charge in [0.05, 0.1) is 19.3 Å². The highest BCUT2D eigenvalue weighted by molar-refractivity contribution is 5.94. The number of amides is 1. The van der Waals surface area contributed by atoms with Crippen molar-refractivity contribution < 1.29 is 19.4 Å². The van der Waals surface area contributed by atoms with E-state index in [1.54, 1.807) is 6.92 Å². The number of nitrogens with zero attached hydrogens (tertiary/aromatic N) is 2. The Morgan fingerprint density at radius 2 is 2.03 bits per heavy atom. The maximum absolute atomic E-state index is 12.8. The van der Waals surface area contributed by atoms with Crippen molar-refractivity contribution in [3.05, 3.63) is 59.3 Å². The van der Waals surface area contributed by atoms with Crippen LogP contribution in [0.4, 0.5) is 11.5 Å². The van der Waals surface area contributed by atoms with E-state index >= 15 is 0 Å². The lowest BCUT2D eigenvalue weighted by Crippen LogP contribution is -2.51. The van der Waals surface area contributed by atoms with Crippen LogP contribution in [-0.2, 0) is 14.3 Å². The molecule has 7 heteroatoms. The van der Waals surface area contributed by atoms with Crippen molar-refractivity contribution >= 4 is 29.5 Å². The molecule has 5 rings (SSSR count). The number of ether oxygens (including phenoxy) is 1. The summed E-state index contributed by atoms with van der Waals surface area (Å²) in [5.74, 6) is 1.89. The molecule has 1 aromatic carbocycles. The fraction of sp³-hybridized carbons (Fsp3) is 0.444. The standard InChI is InChI=1S/C26H31N3O2.CH2O2/c1-16-5-4-6-24(27-16)28-25-17(2)26(20-7-8-20)29(18(3)30)23-10-9-21(15-22(23)25)19-11-13-31-14-12-19;2-1-3/h4-6,9-11,15,17,20,25-26H,7-8,12-14H2,1-3H3,(H,27,28);1H,(H,2,3)/t17-,25-,26-;/m1./s1. The Balaban J connectivity index is 0.000000868. The highest BCUT2D eigenvalue weighted by atomic mass is 16.5. The molecule has 0 saturated heterocycles. The number of aromatic nitrogens is 1. The summed E-state index contributed by atoms with van der Waals surface area (Å²) in [5.41, 5.74) is 5.79. The predicted octanol–water partition coefficient (Wildman–Crippen LogP) is 4.83. The molecule has 34 heavy (non-hydrogen) atoms. The van der Waals surface area contributed by atoms with E-state index < -0.39 is 0 Å². The average Bonchev–Trinajstić information content (AvgIpc) is 3.66. The van der Waals surface area contributed by atoms with Crippen LogP contribution in [0, 0.1) is 18.8 Å². The number of pyridine rings is 1. The first kappa shape index (κ1) is 24.0. The average molecular weight is 464 g/mol. The number of anilines is 2. The van der Waals surface area contributed by atoms with E-state index in [1.165, 1.54) is 29.5 Å². The van der Waals surface area contributed by atoms with Gasteiger partial charge in [0.15, 0.2) is 0 Å². The number of carboxylic acid groups (broad SMARTS) is 1. The molecule has 1 saturated carbocycles. The molecule has 1 aliphatic carbocycles. The number of carbonyl (C=O) groups excluding carboxylic acids is 1. The number of hydrogen-bond donors (Lipinski definition) is 2. The van der Waals surface area contributed by atoms with Gasteiger partial charge in [-0.25, -0.2) is 4.98 Å². The third kappa shape index (κ3) is 4.99. The SMILES string of the molecule is CC(=O)N1c2ccc(C3=CCOCC3)cc2[C@H](Nc2cccc(C)n2)[C@@H](C)[C@@H]1C1CC1.O=CO. The van der Waals surface area contributed by atoms with Gasteiger partial charge in [-0.2, -0.15) is 0 Å². The van der Waals surface area contributed by atoms with Gasteiger partial charge in [0.1, 0.15) is 5.82 Å². The molecule has 180 valence electrons. The first-order valence-corrected chi connectivity index (χ1v) is 11.9. The summed E-state index contributed by atoms with van der Waals surface area (Å²) in [7, 11) is 0. The Labute approximate surface area is 200 Å². The summed E-state index contributed by atoms with van der Waals surface area (Å²) in [4.78, 5) is 28.0. The normalized spacial score (nSPS) is 23.7. The summed E-state index contributed by atoms with van der Waals surface area (Å²) in [6, 6.07) is 13.0. The van der Waals surface area contributed by atoms with Crippen molar-refractivity contribution in [2.45, 2.75) is 52.1 Å². The number of hydrogen-bond acceptors (Lipinski definition) is 5. The second-order valence-corrected chi connectivity index (χ2v) is 9.30. The van der Waals surface area contributed by atoms with Gasteiger partial charge in [0.25, 0.3) is 6.47 Å². The Hall–Kier alpha value is -3.19. The van der Waals surface area contributed by atoms with Crippen LogP contribution < -0.4 is 10.2 Å². The molecule has 2 aromatic rings. The van der Waals surface area contributed by atoms with Gasteiger partial charge < -0.3 is 20.1 Å². The minimum atomic E-state index is -0.250. The second-order valence-electron chi connectivity index (χ2n) is 9.30.